The largest absolute Gasteiger partial charge is 0.433 e. The van der Waals surface area contributed by atoms with Gasteiger partial charge in [0.2, 0.25) is 0 Å². The van der Waals surface area contributed by atoms with Crippen molar-refractivity contribution in [2.45, 2.75) is 20.0 Å². The minimum atomic E-state index is -4.61. The molecule has 0 aromatic carbocycles. The molecule has 3 rings (SSSR count). The van der Waals surface area contributed by atoms with Crippen LogP contribution >= 0.6 is 0 Å². The van der Waals surface area contributed by atoms with Crippen LogP contribution in [0.15, 0.2) is 18.3 Å². The average Bonchev–Trinajstić information content (AvgIpc) is 3.03. The smallest absolute Gasteiger partial charge is 0.318 e. The summed E-state index contributed by atoms with van der Waals surface area (Å²) in [7, 11) is 1.71. The molecule has 0 saturated carbocycles. The first-order valence-electron chi connectivity index (χ1n) is 6.91. The first kappa shape index (κ1) is 16.0. The highest BCUT2D eigenvalue weighted by Crippen LogP contribution is 2.30. The third-order valence-electron chi connectivity index (χ3n) is 3.56. The second-order valence-electron chi connectivity index (χ2n) is 5.30. The summed E-state index contributed by atoms with van der Waals surface area (Å²) >= 11 is 0. The quantitative estimate of drug-likeness (QED) is 0.778. The Balaban J connectivity index is 2.02. The number of anilines is 1. The second kappa shape index (κ2) is 5.32. The van der Waals surface area contributed by atoms with Crippen molar-refractivity contribution < 1.29 is 18.0 Å². The summed E-state index contributed by atoms with van der Waals surface area (Å²) in [5, 5.41) is 10.3. The van der Waals surface area contributed by atoms with Crippen LogP contribution in [0, 0.1) is 13.8 Å². The first-order valence-corrected chi connectivity index (χ1v) is 6.91. The Labute approximate surface area is 134 Å². The number of nitrogens with one attached hydrogen (secondary N) is 1. The Morgan fingerprint density at radius 3 is 2.54 bits per heavy atom. The zero-order chi connectivity index (χ0) is 17.6. The maximum atomic E-state index is 13.1. The van der Waals surface area contributed by atoms with Crippen LogP contribution in [-0.4, -0.2) is 30.3 Å². The molecule has 3 aromatic heterocycles. The highest BCUT2D eigenvalue weighted by molar-refractivity contribution is 6.03. The van der Waals surface area contributed by atoms with E-state index in [1.54, 1.807) is 18.7 Å². The maximum Gasteiger partial charge on any atom is 0.433 e. The summed E-state index contributed by atoms with van der Waals surface area (Å²) < 4.78 is 41.5. The molecular weight excluding hydrogens is 325 g/mol. The summed E-state index contributed by atoms with van der Waals surface area (Å²) in [6.45, 7) is 3.19. The Morgan fingerprint density at radius 1 is 1.25 bits per heavy atom. The molecule has 0 radical (unpaired) electrons. The van der Waals surface area contributed by atoms with Gasteiger partial charge in [-0.2, -0.15) is 23.4 Å². The topological polar surface area (TPSA) is 77.1 Å². The first-order chi connectivity index (χ1) is 11.2. The van der Waals surface area contributed by atoms with Gasteiger partial charge < -0.3 is 5.32 Å². The molecule has 7 nitrogen and oxygen atoms in total. The van der Waals surface area contributed by atoms with Gasteiger partial charge in [-0.05, 0) is 19.9 Å². The van der Waals surface area contributed by atoms with Gasteiger partial charge >= 0.3 is 6.18 Å². The predicted octanol–water partition coefficient (Wildman–Crippen LogP) is 2.35. The molecule has 0 saturated heterocycles. The molecule has 0 fully saturated rings. The number of carbonyl (C=O) groups excluding carboxylic acids is 1. The zero-order valence-electron chi connectivity index (χ0n) is 13.0. The summed E-state index contributed by atoms with van der Waals surface area (Å²) in [6.07, 6.45) is -3.15. The van der Waals surface area contributed by atoms with Crippen molar-refractivity contribution in [3.8, 4) is 0 Å². The van der Waals surface area contributed by atoms with E-state index in [0.717, 1.165) is 6.07 Å². The number of amides is 1. The lowest BCUT2D eigenvalue weighted by atomic mass is 10.3. The SMILES string of the molecule is Cc1cc(C(F)(F)F)n2nc(C(=O)Nc3cnn(C)c3C)cc2n1. The van der Waals surface area contributed by atoms with Crippen LogP contribution in [0.3, 0.4) is 0 Å². The Bertz CT molecular complexity index is 940. The Kier molecular flexibility index (Phi) is 3.54. The standard InChI is InChI=1S/C14H13F3N6O/c1-7-4-11(14(15,16)17)23-12(19-7)5-9(21-23)13(24)20-10-6-18-22(3)8(10)2/h4-6H,1-3H3,(H,20,24). The normalized spacial score (nSPS) is 11.9. The van der Waals surface area contributed by atoms with Gasteiger partial charge in [-0.1, -0.05) is 0 Å². The minimum Gasteiger partial charge on any atom is -0.318 e. The van der Waals surface area contributed by atoms with Gasteiger partial charge in [0.15, 0.2) is 11.3 Å². The molecule has 0 aliphatic carbocycles. The van der Waals surface area contributed by atoms with Crippen molar-refractivity contribution in [3.63, 3.8) is 0 Å². The van der Waals surface area contributed by atoms with E-state index in [1.807, 2.05) is 0 Å². The minimum absolute atomic E-state index is 0.0459. The van der Waals surface area contributed by atoms with E-state index in [4.69, 9.17) is 0 Å². The van der Waals surface area contributed by atoms with Crippen LogP contribution in [-0.2, 0) is 13.2 Å². The lowest BCUT2D eigenvalue weighted by Crippen LogP contribution is -2.16. The molecule has 0 atom stereocenters. The predicted molar refractivity (Wildman–Crippen MR) is 78.6 cm³/mol. The molecule has 10 heteroatoms. The molecule has 3 heterocycles. The number of nitrogens with zero attached hydrogens (tertiary/aromatic N) is 5. The Hall–Kier alpha value is -2.91. The highest BCUT2D eigenvalue weighted by atomic mass is 19.4. The van der Waals surface area contributed by atoms with Crippen LogP contribution in [0.1, 0.15) is 27.6 Å². The molecule has 126 valence electrons. The number of alkyl halides is 3. The fourth-order valence-corrected chi connectivity index (χ4v) is 2.22. The van der Waals surface area contributed by atoms with Gasteiger partial charge in [-0.25, -0.2) is 9.50 Å². The molecule has 0 aliphatic heterocycles. The third-order valence-corrected chi connectivity index (χ3v) is 3.56. The molecule has 24 heavy (non-hydrogen) atoms. The zero-order valence-corrected chi connectivity index (χ0v) is 13.0. The van der Waals surface area contributed by atoms with Crippen molar-refractivity contribution in [1.29, 1.82) is 0 Å². The molecule has 0 spiro atoms. The number of hydrogen-bond acceptors (Lipinski definition) is 4. The van der Waals surface area contributed by atoms with E-state index >= 15 is 0 Å². The number of rotatable bonds is 2. The summed E-state index contributed by atoms with van der Waals surface area (Å²) in [5.74, 6) is -0.637. The fourth-order valence-electron chi connectivity index (χ4n) is 2.22. The van der Waals surface area contributed by atoms with Crippen molar-refractivity contribution in [3.05, 3.63) is 41.1 Å². The number of aromatic nitrogens is 5. The van der Waals surface area contributed by atoms with Crippen molar-refractivity contribution in [2.75, 3.05) is 5.32 Å². The molecule has 1 amide bonds. The molecule has 0 aliphatic rings. The van der Waals surface area contributed by atoms with E-state index in [9.17, 15) is 18.0 Å². The van der Waals surface area contributed by atoms with Crippen LogP contribution in [0.5, 0.6) is 0 Å². The van der Waals surface area contributed by atoms with Crippen LogP contribution < -0.4 is 5.32 Å². The second-order valence-corrected chi connectivity index (χ2v) is 5.30. The summed E-state index contributed by atoms with van der Waals surface area (Å²) in [5.41, 5.74) is 0.153. The van der Waals surface area contributed by atoms with E-state index in [-0.39, 0.29) is 17.0 Å². The third kappa shape index (κ3) is 2.70. The number of fused-ring (bicyclic) bond motifs is 1. The molecular formula is C14H13F3N6O. The average molecular weight is 338 g/mol. The summed E-state index contributed by atoms with van der Waals surface area (Å²) in [4.78, 5) is 16.2. The van der Waals surface area contributed by atoms with Gasteiger partial charge in [0.05, 0.1) is 17.6 Å². The Morgan fingerprint density at radius 2 is 1.96 bits per heavy atom. The van der Waals surface area contributed by atoms with Gasteiger partial charge in [0, 0.05) is 18.8 Å². The van der Waals surface area contributed by atoms with Gasteiger partial charge in [-0.15, -0.1) is 0 Å². The number of halogens is 3. The highest BCUT2D eigenvalue weighted by Gasteiger charge is 2.35. The molecule has 1 N–H and O–H groups in total. The maximum absolute atomic E-state index is 13.1. The van der Waals surface area contributed by atoms with E-state index in [2.05, 4.69) is 20.5 Å². The number of aryl methyl sites for hydroxylation is 2. The summed E-state index contributed by atoms with van der Waals surface area (Å²) in [6, 6.07) is 2.09. The van der Waals surface area contributed by atoms with Gasteiger partial charge in [0.1, 0.15) is 5.69 Å². The van der Waals surface area contributed by atoms with Crippen molar-refractivity contribution in [2.24, 2.45) is 7.05 Å². The van der Waals surface area contributed by atoms with E-state index in [0.29, 0.717) is 15.9 Å². The monoisotopic (exact) mass is 338 g/mol. The van der Waals surface area contributed by atoms with Crippen molar-refractivity contribution >= 4 is 17.2 Å². The molecule has 0 unspecified atom stereocenters. The van der Waals surface area contributed by atoms with E-state index in [1.165, 1.54) is 19.2 Å². The molecule has 0 bridgehead atoms. The van der Waals surface area contributed by atoms with Crippen molar-refractivity contribution in [1.82, 2.24) is 24.4 Å². The fraction of sp³-hybridized carbons (Fsp3) is 0.286. The van der Waals surface area contributed by atoms with Gasteiger partial charge in [0.25, 0.3) is 5.91 Å². The lowest BCUT2D eigenvalue weighted by molar-refractivity contribution is -0.142. The van der Waals surface area contributed by atoms with E-state index < -0.39 is 17.8 Å². The number of carbonyl (C=O) groups is 1. The van der Waals surface area contributed by atoms with Crippen LogP contribution in [0.25, 0.3) is 5.65 Å². The number of hydrogen-bond donors (Lipinski definition) is 1. The lowest BCUT2D eigenvalue weighted by Gasteiger charge is -2.09. The van der Waals surface area contributed by atoms with Crippen LogP contribution in [0.4, 0.5) is 18.9 Å². The van der Waals surface area contributed by atoms with Crippen LogP contribution in [0.2, 0.25) is 0 Å². The van der Waals surface area contributed by atoms with Gasteiger partial charge in [-0.3, -0.25) is 9.48 Å². The molecule has 3 aromatic rings.